The zero-order valence-electron chi connectivity index (χ0n) is 12.2. The first-order valence-electron chi connectivity index (χ1n) is 6.83. The van der Waals surface area contributed by atoms with Crippen LogP contribution in [0, 0.1) is 0 Å². The summed E-state index contributed by atoms with van der Waals surface area (Å²) in [4.78, 5) is 3.61. The Kier molecular flexibility index (Phi) is 8.66. The van der Waals surface area contributed by atoms with Crippen molar-refractivity contribution in [2.24, 2.45) is 0 Å². The van der Waals surface area contributed by atoms with Gasteiger partial charge in [-0.05, 0) is 39.5 Å². The van der Waals surface area contributed by atoms with Crippen molar-refractivity contribution in [1.82, 2.24) is 10.2 Å². The normalized spacial score (nSPS) is 16.3. The number of benzene rings is 1. The highest BCUT2D eigenvalue weighted by molar-refractivity contribution is 9.10. The van der Waals surface area contributed by atoms with Gasteiger partial charge in [0.15, 0.2) is 0 Å². The molecule has 1 aliphatic heterocycles. The van der Waals surface area contributed by atoms with E-state index in [-0.39, 0.29) is 36.6 Å². The Labute approximate surface area is 166 Å². The lowest BCUT2D eigenvalue weighted by atomic mass is 10.0. The first-order valence-corrected chi connectivity index (χ1v) is 8.88. The lowest BCUT2D eigenvalue weighted by Gasteiger charge is -2.35. The van der Waals surface area contributed by atoms with Crippen LogP contribution >= 0.6 is 63.7 Å². The van der Waals surface area contributed by atoms with Gasteiger partial charge in [0.05, 0.1) is 10.5 Å². The summed E-state index contributed by atoms with van der Waals surface area (Å²) in [6.45, 7) is 3.83. The number of hydrogen-bond acceptors (Lipinski definition) is 4. The number of nitrogens with zero attached hydrogens (tertiary/aromatic N) is 1. The van der Waals surface area contributed by atoms with Crippen LogP contribution in [0.15, 0.2) is 34.1 Å². The Morgan fingerprint density at radius 1 is 1.26 bits per heavy atom. The molecule has 128 valence electrons. The maximum atomic E-state index is 10.5. The highest BCUT2D eigenvalue weighted by Gasteiger charge is 2.28. The van der Waals surface area contributed by atoms with E-state index in [0.717, 1.165) is 31.7 Å². The number of piperazine rings is 1. The molecule has 23 heavy (non-hydrogen) atoms. The molecular formula is C15H18BrCl3N2OS. The van der Waals surface area contributed by atoms with E-state index >= 15 is 0 Å². The molecule has 0 amide bonds. The summed E-state index contributed by atoms with van der Waals surface area (Å²) in [7, 11) is 0. The second-order valence-electron chi connectivity index (χ2n) is 5.03. The average Bonchev–Trinajstić information content (AvgIpc) is 2.99. The molecule has 1 saturated heterocycles. The van der Waals surface area contributed by atoms with Crippen LogP contribution in [0.5, 0.6) is 5.75 Å². The van der Waals surface area contributed by atoms with Gasteiger partial charge in [0.2, 0.25) is 0 Å². The van der Waals surface area contributed by atoms with Crippen LogP contribution in [-0.2, 0) is 0 Å². The molecule has 1 aromatic carbocycles. The molecule has 2 heterocycles. The molecule has 8 heteroatoms. The molecule has 1 fully saturated rings. The standard InChI is InChI=1S/C15H16BrClN2OS.2ClH/c16-12-9-10(17)8-11(15(12)20)14(13-2-1-7-21-13)19-5-3-18-4-6-19;;/h1-2,7-9,14,18,20H,3-6H2;2*1H/t14-;;/m0../s1. The van der Waals surface area contributed by atoms with Crippen LogP contribution in [0.25, 0.3) is 0 Å². The van der Waals surface area contributed by atoms with Gasteiger partial charge in [-0.2, -0.15) is 0 Å². The minimum atomic E-state index is 0. The lowest BCUT2D eigenvalue weighted by molar-refractivity contribution is 0.198. The van der Waals surface area contributed by atoms with Crippen molar-refractivity contribution >= 4 is 63.7 Å². The van der Waals surface area contributed by atoms with E-state index in [4.69, 9.17) is 11.6 Å². The molecule has 0 spiro atoms. The van der Waals surface area contributed by atoms with Crippen molar-refractivity contribution in [3.8, 4) is 5.75 Å². The summed E-state index contributed by atoms with van der Waals surface area (Å²) in [5.74, 6) is 0.274. The van der Waals surface area contributed by atoms with Crippen LogP contribution < -0.4 is 5.32 Å². The Morgan fingerprint density at radius 3 is 2.57 bits per heavy atom. The second-order valence-corrected chi connectivity index (χ2v) is 7.30. The maximum absolute atomic E-state index is 10.5. The molecule has 0 unspecified atom stereocenters. The number of hydrogen-bond donors (Lipinski definition) is 2. The Hall–Kier alpha value is -0.0100. The van der Waals surface area contributed by atoms with Crippen molar-refractivity contribution in [2.75, 3.05) is 26.2 Å². The third-order valence-electron chi connectivity index (χ3n) is 3.68. The topological polar surface area (TPSA) is 35.5 Å². The van der Waals surface area contributed by atoms with Crippen LogP contribution in [0.3, 0.4) is 0 Å². The zero-order chi connectivity index (χ0) is 14.8. The maximum Gasteiger partial charge on any atom is 0.135 e. The van der Waals surface area contributed by atoms with Crippen molar-refractivity contribution in [3.05, 3.63) is 49.6 Å². The molecule has 3 rings (SSSR count). The van der Waals surface area contributed by atoms with Gasteiger partial charge >= 0.3 is 0 Å². The van der Waals surface area contributed by atoms with Gasteiger partial charge in [-0.25, -0.2) is 0 Å². The van der Waals surface area contributed by atoms with Crippen molar-refractivity contribution < 1.29 is 5.11 Å². The molecule has 3 nitrogen and oxygen atoms in total. The van der Waals surface area contributed by atoms with Gasteiger partial charge in [-0.15, -0.1) is 36.2 Å². The van der Waals surface area contributed by atoms with Crippen LogP contribution in [0.2, 0.25) is 5.02 Å². The Balaban J connectivity index is 0.00000132. The van der Waals surface area contributed by atoms with Crippen molar-refractivity contribution in [2.45, 2.75) is 6.04 Å². The van der Waals surface area contributed by atoms with E-state index in [2.05, 4.69) is 37.6 Å². The minimum Gasteiger partial charge on any atom is -0.506 e. The van der Waals surface area contributed by atoms with Crippen LogP contribution in [-0.4, -0.2) is 36.2 Å². The summed E-state index contributed by atoms with van der Waals surface area (Å²) in [5.41, 5.74) is 0.860. The molecule has 2 aromatic rings. The SMILES string of the molecule is Cl.Cl.Oc1c(Br)cc(Cl)cc1[C@@H](c1cccs1)N1CCNCC1. The molecular weight excluding hydrogens is 443 g/mol. The molecule has 1 aliphatic rings. The van der Waals surface area contributed by atoms with Crippen molar-refractivity contribution in [3.63, 3.8) is 0 Å². The largest absolute Gasteiger partial charge is 0.506 e. The predicted molar refractivity (Wildman–Crippen MR) is 106 cm³/mol. The van der Waals surface area contributed by atoms with Crippen LogP contribution in [0.4, 0.5) is 0 Å². The molecule has 0 bridgehead atoms. The van der Waals surface area contributed by atoms with Crippen molar-refractivity contribution in [1.29, 1.82) is 0 Å². The quantitative estimate of drug-likeness (QED) is 0.697. The predicted octanol–water partition coefficient (Wildman–Crippen LogP) is 4.71. The highest BCUT2D eigenvalue weighted by Crippen LogP contribution is 2.41. The number of thiophene rings is 1. The number of halogens is 4. The van der Waals surface area contributed by atoms with Crippen LogP contribution in [0.1, 0.15) is 16.5 Å². The number of rotatable bonds is 3. The summed E-state index contributed by atoms with van der Waals surface area (Å²) in [6, 6.07) is 7.80. The van der Waals surface area contributed by atoms with Gasteiger partial charge in [0.25, 0.3) is 0 Å². The third kappa shape index (κ3) is 4.75. The van der Waals surface area contributed by atoms with Gasteiger partial charge in [-0.1, -0.05) is 17.7 Å². The van der Waals surface area contributed by atoms with E-state index in [0.29, 0.717) is 9.50 Å². The summed E-state index contributed by atoms with van der Waals surface area (Å²) in [6.07, 6.45) is 0. The average molecular weight is 461 g/mol. The fourth-order valence-corrected chi connectivity index (χ4v) is 4.42. The third-order valence-corrected chi connectivity index (χ3v) is 5.43. The lowest BCUT2D eigenvalue weighted by Crippen LogP contribution is -2.45. The molecule has 0 aliphatic carbocycles. The molecule has 1 atom stereocenters. The number of nitrogens with one attached hydrogen (secondary N) is 1. The van der Waals surface area contributed by atoms with E-state index in [1.807, 2.05) is 12.1 Å². The zero-order valence-corrected chi connectivity index (χ0v) is 17.0. The Bertz CT molecular complexity index is 621. The van der Waals surface area contributed by atoms with E-state index < -0.39 is 0 Å². The van der Waals surface area contributed by atoms with Gasteiger partial charge in [-0.3, -0.25) is 4.90 Å². The van der Waals surface area contributed by atoms with Gasteiger partial charge in [0.1, 0.15) is 5.75 Å². The summed E-state index contributed by atoms with van der Waals surface area (Å²) < 4.78 is 0.640. The van der Waals surface area contributed by atoms with Gasteiger partial charge in [0, 0.05) is 41.6 Å². The summed E-state index contributed by atoms with van der Waals surface area (Å²) >= 11 is 11.3. The molecule has 2 N–H and O–H groups in total. The smallest absolute Gasteiger partial charge is 0.135 e. The van der Waals surface area contributed by atoms with E-state index in [1.165, 1.54) is 4.88 Å². The fraction of sp³-hybridized carbons (Fsp3) is 0.333. The van der Waals surface area contributed by atoms with E-state index in [9.17, 15) is 5.11 Å². The number of phenolic OH excluding ortho intramolecular Hbond substituents is 1. The monoisotopic (exact) mass is 458 g/mol. The molecule has 0 saturated carbocycles. The highest BCUT2D eigenvalue weighted by atomic mass is 79.9. The summed E-state index contributed by atoms with van der Waals surface area (Å²) in [5, 5.41) is 16.5. The number of aromatic hydroxyl groups is 1. The Morgan fingerprint density at radius 2 is 1.96 bits per heavy atom. The first-order chi connectivity index (χ1) is 10.2. The molecule has 0 radical (unpaired) electrons. The van der Waals surface area contributed by atoms with E-state index in [1.54, 1.807) is 17.4 Å². The fourth-order valence-electron chi connectivity index (χ4n) is 2.71. The molecule has 1 aromatic heterocycles. The number of phenols is 1. The minimum absolute atomic E-state index is 0. The first kappa shape index (κ1) is 21.0. The second kappa shape index (κ2) is 9.47. The van der Waals surface area contributed by atoms with Gasteiger partial charge < -0.3 is 10.4 Å².